The number of aliphatic imine (C=N–C) groups is 1. The lowest BCUT2D eigenvalue weighted by Crippen LogP contribution is -2.18. The van der Waals surface area contributed by atoms with Gasteiger partial charge in [0.25, 0.3) is 5.24 Å². The third-order valence-electron chi connectivity index (χ3n) is 2.82. The van der Waals surface area contributed by atoms with E-state index in [4.69, 9.17) is 11.6 Å². The van der Waals surface area contributed by atoms with Gasteiger partial charge in [0.15, 0.2) is 0 Å². The molecule has 1 N–H and O–H groups in total. The Morgan fingerprint density at radius 2 is 2.32 bits per heavy atom. The molecule has 0 aliphatic carbocycles. The summed E-state index contributed by atoms with van der Waals surface area (Å²) in [4.78, 5) is 16.6. The van der Waals surface area contributed by atoms with Crippen LogP contribution in [0.25, 0.3) is 6.08 Å². The van der Waals surface area contributed by atoms with Crippen LogP contribution in [0.15, 0.2) is 40.5 Å². The van der Waals surface area contributed by atoms with Gasteiger partial charge in [0.2, 0.25) is 0 Å². The molecule has 1 fully saturated rings. The highest BCUT2D eigenvalue weighted by molar-refractivity contribution is 8.18. The van der Waals surface area contributed by atoms with Gasteiger partial charge in [-0.25, -0.2) is 9.38 Å². The normalized spacial score (nSPS) is 18.2. The molecule has 0 atom stereocenters. The third-order valence-corrected chi connectivity index (χ3v) is 3.93. The third kappa shape index (κ3) is 3.20. The van der Waals surface area contributed by atoms with Gasteiger partial charge in [0.1, 0.15) is 11.7 Å². The number of thioether (sulfide) groups is 1. The summed E-state index contributed by atoms with van der Waals surface area (Å²) < 4.78 is 14.8. The number of aryl methyl sites for hydroxylation is 1. The zero-order chi connectivity index (χ0) is 15.7. The summed E-state index contributed by atoms with van der Waals surface area (Å²) in [6.07, 6.45) is 5.31. The number of halogens is 2. The molecule has 1 aliphatic rings. The molecule has 3 rings (SSSR count). The van der Waals surface area contributed by atoms with Crippen LogP contribution in [0.1, 0.15) is 5.56 Å². The average Bonchev–Trinajstić information content (AvgIpc) is 3.01. The lowest BCUT2D eigenvalue weighted by atomic mass is 10.3. The van der Waals surface area contributed by atoms with E-state index in [1.807, 2.05) is 13.2 Å². The van der Waals surface area contributed by atoms with Gasteiger partial charge in [-0.05, 0) is 36.0 Å². The number of nitrogens with one attached hydrogen (secondary N) is 1. The summed E-state index contributed by atoms with van der Waals surface area (Å²) in [7, 11) is 1.81. The molecule has 112 valence electrons. The molecule has 1 amide bonds. The maximum absolute atomic E-state index is 13.2. The first-order valence-corrected chi connectivity index (χ1v) is 7.44. The Bertz CT molecular complexity index is 815. The van der Waals surface area contributed by atoms with Crippen molar-refractivity contribution in [3.05, 3.63) is 51.9 Å². The van der Waals surface area contributed by atoms with Crippen LogP contribution in [0.2, 0.25) is 5.02 Å². The van der Waals surface area contributed by atoms with Gasteiger partial charge in [-0.1, -0.05) is 11.6 Å². The summed E-state index contributed by atoms with van der Waals surface area (Å²) in [5, 5.41) is 6.48. The van der Waals surface area contributed by atoms with Crippen molar-refractivity contribution in [2.45, 2.75) is 0 Å². The van der Waals surface area contributed by atoms with Crippen LogP contribution in [0.4, 0.5) is 14.9 Å². The second kappa shape index (κ2) is 5.94. The molecular formula is C14H10ClFN4OS. The largest absolute Gasteiger partial charge is 0.300 e. The zero-order valence-electron chi connectivity index (χ0n) is 11.4. The summed E-state index contributed by atoms with van der Waals surface area (Å²) in [5.74, 6) is -0.108. The molecule has 1 saturated heterocycles. The minimum atomic E-state index is -0.512. The van der Waals surface area contributed by atoms with Crippen molar-refractivity contribution in [2.24, 2.45) is 12.0 Å². The Morgan fingerprint density at radius 3 is 3.00 bits per heavy atom. The number of amidine groups is 1. The van der Waals surface area contributed by atoms with Crippen LogP contribution in [0.5, 0.6) is 0 Å². The summed E-state index contributed by atoms with van der Waals surface area (Å²) in [6.45, 7) is 0. The number of benzene rings is 1. The minimum Gasteiger partial charge on any atom is -0.300 e. The van der Waals surface area contributed by atoms with Gasteiger partial charge in [0.05, 0.1) is 21.8 Å². The minimum absolute atomic E-state index is 0.0170. The molecule has 2 aromatic rings. The first kappa shape index (κ1) is 14.8. The monoisotopic (exact) mass is 336 g/mol. The van der Waals surface area contributed by atoms with Gasteiger partial charge in [-0.2, -0.15) is 5.10 Å². The van der Waals surface area contributed by atoms with E-state index in [0.29, 0.717) is 16.4 Å². The molecule has 1 aromatic heterocycles. The molecule has 5 nitrogen and oxygen atoms in total. The van der Waals surface area contributed by atoms with Crippen LogP contribution in [-0.4, -0.2) is 20.9 Å². The second-order valence-electron chi connectivity index (χ2n) is 4.53. The Hall–Kier alpha value is -2.12. The van der Waals surface area contributed by atoms with Crippen molar-refractivity contribution in [2.75, 3.05) is 0 Å². The second-order valence-corrected chi connectivity index (χ2v) is 5.95. The van der Waals surface area contributed by atoms with Crippen molar-refractivity contribution < 1.29 is 9.18 Å². The molecule has 0 radical (unpaired) electrons. The highest BCUT2D eigenvalue weighted by Crippen LogP contribution is 2.29. The molecule has 0 saturated carbocycles. The van der Waals surface area contributed by atoms with Crippen LogP contribution in [0, 0.1) is 5.82 Å². The van der Waals surface area contributed by atoms with Crippen LogP contribution in [-0.2, 0) is 7.05 Å². The molecule has 0 bridgehead atoms. The molecule has 0 spiro atoms. The van der Waals surface area contributed by atoms with Crippen LogP contribution >= 0.6 is 23.4 Å². The number of nitrogens with zero attached hydrogens (tertiary/aromatic N) is 3. The van der Waals surface area contributed by atoms with E-state index < -0.39 is 5.82 Å². The number of carbonyl (C=O) groups is 1. The smallest absolute Gasteiger partial charge is 0.289 e. The molecule has 8 heteroatoms. The van der Waals surface area contributed by atoms with Crippen molar-refractivity contribution in [1.82, 2.24) is 15.1 Å². The molecule has 2 heterocycles. The van der Waals surface area contributed by atoms with Crippen LogP contribution < -0.4 is 5.32 Å². The number of hydrogen-bond acceptors (Lipinski definition) is 4. The van der Waals surface area contributed by atoms with E-state index in [2.05, 4.69) is 15.4 Å². The zero-order valence-corrected chi connectivity index (χ0v) is 13.0. The van der Waals surface area contributed by atoms with Crippen molar-refractivity contribution in [3.63, 3.8) is 0 Å². The first-order valence-electron chi connectivity index (χ1n) is 6.24. The average molecular weight is 337 g/mol. The number of aromatic nitrogens is 2. The Morgan fingerprint density at radius 1 is 1.50 bits per heavy atom. The van der Waals surface area contributed by atoms with E-state index in [0.717, 1.165) is 17.3 Å². The van der Waals surface area contributed by atoms with Gasteiger partial charge in [-0.3, -0.25) is 9.48 Å². The van der Waals surface area contributed by atoms with Crippen LogP contribution in [0.3, 0.4) is 0 Å². The van der Waals surface area contributed by atoms with Gasteiger partial charge in [0, 0.05) is 18.8 Å². The van der Waals surface area contributed by atoms with E-state index in [9.17, 15) is 9.18 Å². The Labute approximate surface area is 134 Å². The first-order chi connectivity index (χ1) is 10.5. The van der Waals surface area contributed by atoms with E-state index >= 15 is 0 Å². The van der Waals surface area contributed by atoms with E-state index in [1.165, 1.54) is 18.2 Å². The summed E-state index contributed by atoms with van der Waals surface area (Å²) >= 11 is 6.77. The fraction of sp³-hybridized carbons (Fsp3) is 0.0714. The number of hydrogen-bond donors (Lipinski definition) is 1. The Kier molecular flexibility index (Phi) is 4.00. The van der Waals surface area contributed by atoms with Gasteiger partial charge >= 0.3 is 0 Å². The predicted molar refractivity (Wildman–Crippen MR) is 85.8 cm³/mol. The highest BCUT2D eigenvalue weighted by Gasteiger charge is 2.23. The molecule has 0 unspecified atom stereocenters. The number of amides is 1. The number of carbonyl (C=O) groups excluding carboxylic acids is 1. The fourth-order valence-corrected chi connectivity index (χ4v) is 2.77. The SMILES string of the molecule is Cn1cc(C=C2SC(=O)NC2=Nc2ccc(F)c(Cl)c2)cn1. The van der Waals surface area contributed by atoms with Gasteiger partial charge < -0.3 is 5.32 Å². The maximum Gasteiger partial charge on any atom is 0.289 e. The van der Waals surface area contributed by atoms with Gasteiger partial charge in [-0.15, -0.1) is 0 Å². The molecule has 1 aromatic carbocycles. The van der Waals surface area contributed by atoms with E-state index in [1.54, 1.807) is 17.0 Å². The van der Waals surface area contributed by atoms with Crippen molar-refractivity contribution in [3.8, 4) is 0 Å². The van der Waals surface area contributed by atoms with Crippen molar-refractivity contribution in [1.29, 1.82) is 0 Å². The summed E-state index contributed by atoms with van der Waals surface area (Å²) in [6, 6.07) is 4.13. The quantitative estimate of drug-likeness (QED) is 0.908. The number of rotatable bonds is 2. The molecule has 22 heavy (non-hydrogen) atoms. The standard InChI is InChI=1S/C14H10ClFN4OS/c1-20-7-8(6-17-20)4-12-13(19-14(21)22-12)18-9-2-3-11(16)10(15)5-9/h2-7H,1H3,(H,18,19,21). The predicted octanol–water partition coefficient (Wildman–Crippen LogP) is 3.74. The topological polar surface area (TPSA) is 59.3 Å². The lowest BCUT2D eigenvalue weighted by Gasteiger charge is -2.00. The lowest BCUT2D eigenvalue weighted by molar-refractivity contribution is 0.265. The summed E-state index contributed by atoms with van der Waals surface area (Å²) in [5.41, 5.74) is 1.31. The molecular weight excluding hydrogens is 327 g/mol. The Balaban J connectivity index is 1.96. The van der Waals surface area contributed by atoms with Crippen molar-refractivity contribution >= 4 is 46.2 Å². The van der Waals surface area contributed by atoms with E-state index in [-0.39, 0.29) is 10.3 Å². The highest BCUT2D eigenvalue weighted by atomic mass is 35.5. The molecule has 1 aliphatic heterocycles. The fourth-order valence-electron chi connectivity index (χ4n) is 1.86. The maximum atomic E-state index is 13.2.